The third-order valence-electron chi connectivity index (χ3n) is 4.74. The van der Waals surface area contributed by atoms with Crippen molar-refractivity contribution in [1.29, 1.82) is 0 Å². The largest absolute Gasteiger partial charge is 0.508 e. The summed E-state index contributed by atoms with van der Waals surface area (Å²) in [6.45, 7) is 4.80. The molecule has 33 heavy (non-hydrogen) atoms. The van der Waals surface area contributed by atoms with Crippen LogP contribution in [0.3, 0.4) is 0 Å². The van der Waals surface area contributed by atoms with Crippen LogP contribution in [0.5, 0.6) is 5.75 Å². The van der Waals surface area contributed by atoms with Gasteiger partial charge in [-0.25, -0.2) is 9.97 Å². The lowest BCUT2D eigenvalue weighted by atomic mass is 10.2. The maximum absolute atomic E-state index is 9.57. The van der Waals surface area contributed by atoms with E-state index in [0.29, 0.717) is 19.0 Å². The van der Waals surface area contributed by atoms with Gasteiger partial charge in [-0.15, -0.1) is 0 Å². The third-order valence-corrected chi connectivity index (χ3v) is 5.66. The van der Waals surface area contributed by atoms with Gasteiger partial charge in [-0.05, 0) is 54.8 Å². The Labute approximate surface area is 198 Å². The van der Waals surface area contributed by atoms with Crippen LogP contribution in [0.1, 0.15) is 18.1 Å². The molecule has 0 spiro atoms. The number of aromatic nitrogens is 2. The molecule has 0 bridgehead atoms. The highest BCUT2D eigenvalue weighted by molar-refractivity contribution is 7.97. The van der Waals surface area contributed by atoms with E-state index in [1.54, 1.807) is 30.6 Å². The second-order valence-electron chi connectivity index (χ2n) is 7.16. The molecule has 0 saturated carbocycles. The van der Waals surface area contributed by atoms with E-state index in [1.165, 1.54) is 11.9 Å². The fourth-order valence-corrected chi connectivity index (χ4v) is 3.92. The van der Waals surface area contributed by atoms with E-state index in [4.69, 9.17) is 10.8 Å². The molecule has 0 saturated heterocycles. The average Bonchev–Trinajstić information content (AvgIpc) is 2.83. The molecule has 174 valence electrons. The Kier molecular flexibility index (Phi) is 9.52. The number of hydrogen-bond donors (Lipinski definition) is 5. The maximum Gasteiger partial charge on any atom is 0.227 e. The van der Waals surface area contributed by atoms with Crippen molar-refractivity contribution < 1.29 is 10.2 Å². The van der Waals surface area contributed by atoms with Crippen LogP contribution in [0, 0.1) is 0 Å². The van der Waals surface area contributed by atoms with Gasteiger partial charge in [-0.2, -0.15) is 0 Å². The molecule has 6 N–H and O–H groups in total. The van der Waals surface area contributed by atoms with E-state index in [2.05, 4.69) is 37.9 Å². The lowest BCUT2D eigenvalue weighted by Crippen LogP contribution is -2.29. The third kappa shape index (κ3) is 7.47. The topological polar surface area (TPSA) is 120 Å². The summed E-state index contributed by atoms with van der Waals surface area (Å²) in [5.41, 5.74) is 9.48. The maximum atomic E-state index is 9.57. The predicted molar refractivity (Wildman–Crippen MR) is 137 cm³/mol. The number of anilines is 3. The Morgan fingerprint density at radius 2 is 1.88 bits per heavy atom. The first-order chi connectivity index (χ1) is 16.1. The standard InChI is InChI=1S/C24H30N6O2S/c1-2-30(12-10-25)22-15-20(8-9-23(22)33-28-11-13-31)29-24-26-16-19(17-27-24)7-6-18-4-3-5-21(32)14-18/h3-9,14-17,28,31-32H,2,10-13,25H2,1H3,(H,26,27,29)/b7-6+. The van der Waals surface area contributed by atoms with E-state index < -0.39 is 0 Å². The van der Waals surface area contributed by atoms with Crippen LogP contribution in [-0.2, 0) is 0 Å². The molecule has 0 amide bonds. The summed E-state index contributed by atoms with van der Waals surface area (Å²) < 4.78 is 3.16. The van der Waals surface area contributed by atoms with Crippen molar-refractivity contribution in [3.8, 4) is 5.75 Å². The number of aromatic hydroxyl groups is 1. The van der Waals surface area contributed by atoms with Gasteiger partial charge in [0, 0.05) is 54.7 Å². The highest BCUT2D eigenvalue weighted by atomic mass is 32.2. The van der Waals surface area contributed by atoms with Crippen molar-refractivity contribution in [1.82, 2.24) is 14.7 Å². The van der Waals surface area contributed by atoms with E-state index >= 15 is 0 Å². The summed E-state index contributed by atoms with van der Waals surface area (Å²) in [4.78, 5) is 12.1. The lowest BCUT2D eigenvalue weighted by Gasteiger charge is -2.25. The normalized spacial score (nSPS) is 11.1. The molecule has 9 heteroatoms. The van der Waals surface area contributed by atoms with Gasteiger partial charge in [0.15, 0.2) is 0 Å². The zero-order valence-electron chi connectivity index (χ0n) is 18.6. The monoisotopic (exact) mass is 466 g/mol. The molecule has 2 aromatic carbocycles. The Morgan fingerprint density at radius 1 is 1.09 bits per heavy atom. The van der Waals surface area contributed by atoms with Crippen molar-refractivity contribution in [3.63, 3.8) is 0 Å². The molecular formula is C24H30N6O2S. The minimum absolute atomic E-state index is 0.0820. The number of likely N-dealkylation sites (N-methyl/N-ethyl adjacent to an activating group) is 1. The Bertz CT molecular complexity index is 1050. The van der Waals surface area contributed by atoms with Gasteiger partial charge in [0.05, 0.1) is 12.3 Å². The van der Waals surface area contributed by atoms with Gasteiger partial charge in [-0.3, -0.25) is 4.72 Å². The molecule has 0 aliphatic rings. The first-order valence-corrected chi connectivity index (χ1v) is 11.6. The Morgan fingerprint density at radius 3 is 2.58 bits per heavy atom. The van der Waals surface area contributed by atoms with E-state index in [9.17, 15) is 5.11 Å². The second kappa shape index (κ2) is 12.8. The number of nitrogens with zero attached hydrogens (tertiary/aromatic N) is 3. The van der Waals surface area contributed by atoms with Crippen LogP contribution in [0.25, 0.3) is 12.2 Å². The molecule has 8 nitrogen and oxygen atoms in total. The van der Waals surface area contributed by atoms with Crippen LogP contribution in [0.2, 0.25) is 0 Å². The number of phenols is 1. The zero-order chi connectivity index (χ0) is 23.5. The molecule has 0 aliphatic heterocycles. The number of aliphatic hydroxyl groups excluding tert-OH is 1. The molecular weight excluding hydrogens is 436 g/mol. The van der Waals surface area contributed by atoms with Gasteiger partial charge < -0.3 is 26.2 Å². The molecule has 0 radical (unpaired) electrons. The minimum Gasteiger partial charge on any atom is -0.508 e. The van der Waals surface area contributed by atoms with E-state index in [1.807, 2.05) is 30.4 Å². The summed E-state index contributed by atoms with van der Waals surface area (Å²) in [7, 11) is 0. The van der Waals surface area contributed by atoms with Crippen molar-refractivity contribution in [2.45, 2.75) is 11.8 Å². The number of hydrogen-bond acceptors (Lipinski definition) is 9. The van der Waals surface area contributed by atoms with Crippen molar-refractivity contribution in [3.05, 3.63) is 66.0 Å². The van der Waals surface area contributed by atoms with Crippen LogP contribution >= 0.6 is 11.9 Å². The number of nitrogens with one attached hydrogen (secondary N) is 2. The summed E-state index contributed by atoms with van der Waals surface area (Å²) >= 11 is 1.49. The number of rotatable bonds is 12. The highest BCUT2D eigenvalue weighted by Gasteiger charge is 2.12. The minimum atomic E-state index is 0.0820. The lowest BCUT2D eigenvalue weighted by molar-refractivity contribution is 0.302. The van der Waals surface area contributed by atoms with Gasteiger partial charge in [0.25, 0.3) is 0 Å². The molecule has 1 aromatic heterocycles. The first-order valence-electron chi connectivity index (χ1n) is 10.8. The molecule has 0 atom stereocenters. The van der Waals surface area contributed by atoms with Crippen LogP contribution in [-0.4, -0.2) is 53.0 Å². The fraction of sp³-hybridized carbons (Fsp3) is 0.250. The molecule has 1 heterocycles. The molecule has 0 unspecified atom stereocenters. The number of benzene rings is 2. The van der Waals surface area contributed by atoms with E-state index in [-0.39, 0.29) is 12.4 Å². The molecule has 3 rings (SSSR count). The van der Waals surface area contributed by atoms with Gasteiger partial charge in [0.2, 0.25) is 5.95 Å². The summed E-state index contributed by atoms with van der Waals surface area (Å²) in [6, 6.07) is 13.1. The highest BCUT2D eigenvalue weighted by Crippen LogP contribution is 2.32. The van der Waals surface area contributed by atoms with Crippen LogP contribution < -0.4 is 20.7 Å². The van der Waals surface area contributed by atoms with Crippen molar-refractivity contribution in [2.75, 3.05) is 43.0 Å². The quantitative estimate of drug-likeness (QED) is 0.202. The Balaban J connectivity index is 1.73. The van der Waals surface area contributed by atoms with Gasteiger partial charge in [0.1, 0.15) is 5.75 Å². The predicted octanol–water partition coefficient (Wildman–Crippen LogP) is 3.47. The average molecular weight is 467 g/mol. The number of phenolic OH excluding ortho intramolecular Hbond substituents is 1. The smallest absolute Gasteiger partial charge is 0.227 e. The first kappa shape index (κ1) is 24.5. The summed E-state index contributed by atoms with van der Waals surface area (Å²) in [5, 5.41) is 21.9. The number of nitrogens with two attached hydrogens (primary N) is 1. The molecule has 0 fully saturated rings. The fourth-order valence-electron chi connectivity index (χ4n) is 3.15. The SMILES string of the molecule is CCN(CCN)c1cc(Nc2ncc(/C=C/c3cccc(O)c3)cn2)ccc1SNCCO. The Hall–Kier alpha value is -3.11. The molecule has 0 aliphatic carbocycles. The van der Waals surface area contributed by atoms with Gasteiger partial charge in [-0.1, -0.05) is 24.3 Å². The zero-order valence-corrected chi connectivity index (χ0v) is 19.4. The van der Waals surface area contributed by atoms with Gasteiger partial charge >= 0.3 is 0 Å². The van der Waals surface area contributed by atoms with E-state index in [0.717, 1.165) is 40.5 Å². The van der Waals surface area contributed by atoms with Crippen molar-refractivity contribution >= 4 is 41.4 Å². The number of aliphatic hydroxyl groups is 1. The van der Waals surface area contributed by atoms with Crippen LogP contribution in [0.4, 0.5) is 17.3 Å². The summed E-state index contributed by atoms with van der Waals surface area (Å²) in [6.07, 6.45) is 7.28. The van der Waals surface area contributed by atoms with Crippen molar-refractivity contribution in [2.24, 2.45) is 5.73 Å². The molecule has 3 aromatic rings. The van der Waals surface area contributed by atoms with Crippen LogP contribution in [0.15, 0.2) is 59.8 Å². The summed E-state index contributed by atoms with van der Waals surface area (Å²) in [5.74, 6) is 0.727. The second-order valence-corrected chi connectivity index (χ2v) is 8.10.